The minimum Gasteiger partial charge on any atom is -0.247 e. The van der Waals surface area contributed by atoms with Crippen LogP contribution in [0.2, 0.25) is 0 Å². The Kier molecular flexibility index (Phi) is 2.89. The molecule has 0 aromatic heterocycles. The van der Waals surface area contributed by atoms with Crippen molar-refractivity contribution in [3.63, 3.8) is 0 Å². The minimum atomic E-state index is 0.937. The standard InChI is InChI=1S/C20H15N/c1-2-8-15(9-3-1)20-18-12-6-4-10-16(18)14-17-11-5-7-13-19(17)21-20/h1-13H,14H2. The lowest BCUT2D eigenvalue weighted by Gasteiger charge is -2.09. The van der Waals surface area contributed by atoms with Crippen LogP contribution in [-0.2, 0) is 6.42 Å². The quantitative estimate of drug-likeness (QED) is 0.472. The Bertz CT molecular complexity index is 816. The second kappa shape index (κ2) is 5.02. The highest BCUT2D eigenvalue weighted by molar-refractivity contribution is 6.15. The van der Waals surface area contributed by atoms with E-state index in [1.807, 2.05) is 6.07 Å². The molecule has 0 radical (unpaired) electrons. The van der Waals surface area contributed by atoms with E-state index in [1.165, 1.54) is 22.3 Å². The first-order chi connectivity index (χ1) is 10.4. The van der Waals surface area contributed by atoms with E-state index in [4.69, 9.17) is 4.99 Å². The normalized spacial score (nSPS) is 12.9. The molecule has 21 heavy (non-hydrogen) atoms. The van der Waals surface area contributed by atoms with Crippen molar-refractivity contribution in [2.75, 3.05) is 0 Å². The lowest BCUT2D eigenvalue weighted by Crippen LogP contribution is -2.05. The van der Waals surface area contributed by atoms with Gasteiger partial charge in [0.25, 0.3) is 0 Å². The third-order valence-corrected chi connectivity index (χ3v) is 3.92. The van der Waals surface area contributed by atoms with Gasteiger partial charge < -0.3 is 0 Å². The molecule has 4 rings (SSSR count). The summed E-state index contributed by atoms with van der Waals surface area (Å²) in [4.78, 5) is 4.97. The molecule has 100 valence electrons. The average Bonchev–Trinajstić information content (AvgIpc) is 2.72. The first-order valence-corrected chi connectivity index (χ1v) is 7.22. The van der Waals surface area contributed by atoms with Gasteiger partial charge in [0.05, 0.1) is 11.4 Å². The van der Waals surface area contributed by atoms with Crippen LogP contribution in [0.5, 0.6) is 0 Å². The van der Waals surface area contributed by atoms with Crippen LogP contribution in [0, 0.1) is 0 Å². The molecule has 1 aliphatic rings. The molecule has 0 amide bonds. The molecule has 0 aliphatic carbocycles. The Balaban J connectivity index is 2.00. The van der Waals surface area contributed by atoms with Gasteiger partial charge in [-0.15, -0.1) is 0 Å². The van der Waals surface area contributed by atoms with Crippen molar-refractivity contribution in [2.45, 2.75) is 6.42 Å². The number of fused-ring (bicyclic) bond motifs is 2. The van der Waals surface area contributed by atoms with Gasteiger partial charge in [-0.25, -0.2) is 4.99 Å². The lowest BCUT2D eigenvalue weighted by atomic mass is 9.95. The highest BCUT2D eigenvalue weighted by Crippen LogP contribution is 2.30. The second-order valence-electron chi connectivity index (χ2n) is 5.29. The molecule has 1 nitrogen and oxygen atoms in total. The summed E-state index contributed by atoms with van der Waals surface area (Å²) >= 11 is 0. The van der Waals surface area contributed by atoms with E-state index in [2.05, 4.69) is 72.8 Å². The van der Waals surface area contributed by atoms with Crippen molar-refractivity contribution in [3.05, 3.63) is 101 Å². The Labute approximate surface area is 124 Å². The van der Waals surface area contributed by atoms with Crippen molar-refractivity contribution in [1.82, 2.24) is 0 Å². The first kappa shape index (κ1) is 12.1. The smallest absolute Gasteiger partial charge is 0.0784 e. The molecular formula is C20H15N. The molecule has 0 fully saturated rings. The van der Waals surface area contributed by atoms with Crippen LogP contribution in [0.1, 0.15) is 22.3 Å². The van der Waals surface area contributed by atoms with E-state index >= 15 is 0 Å². The Morgan fingerprint density at radius 2 is 1.29 bits per heavy atom. The van der Waals surface area contributed by atoms with Crippen molar-refractivity contribution in [3.8, 4) is 0 Å². The monoisotopic (exact) mass is 269 g/mol. The summed E-state index contributed by atoms with van der Waals surface area (Å²) < 4.78 is 0. The fourth-order valence-electron chi connectivity index (χ4n) is 2.88. The molecule has 0 spiro atoms. The molecule has 0 unspecified atom stereocenters. The number of nitrogens with zero attached hydrogens (tertiary/aromatic N) is 1. The topological polar surface area (TPSA) is 12.4 Å². The van der Waals surface area contributed by atoms with Gasteiger partial charge in [0.1, 0.15) is 0 Å². The Hall–Kier alpha value is -2.67. The van der Waals surface area contributed by atoms with Gasteiger partial charge in [-0.3, -0.25) is 0 Å². The van der Waals surface area contributed by atoms with E-state index in [-0.39, 0.29) is 0 Å². The van der Waals surface area contributed by atoms with E-state index in [9.17, 15) is 0 Å². The van der Waals surface area contributed by atoms with Crippen LogP contribution >= 0.6 is 0 Å². The molecule has 0 bridgehead atoms. The summed E-state index contributed by atoms with van der Waals surface area (Å²) in [7, 11) is 0. The van der Waals surface area contributed by atoms with Crippen LogP contribution in [0.15, 0.2) is 83.9 Å². The summed E-state index contributed by atoms with van der Waals surface area (Å²) in [5, 5.41) is 0. The molecule has 1 heteroatoms. The fraction of sp³-hybridized carbons (Fsp3) is 0.0500. The number of rotatable bonds is 1. The maximum Gasteiger partial charge on any atom is 0.0784 e. The van der Waals surface area contributed by atoms with Crippen molar-refractivity contribution >= 4 is 11.4 Å². The van der Waals surface area contributed by atoms with E-state index in [1.54, 1.807) is 0 Å². The number of hydrogen-bond acceptors (Lipinski definition) is 1. The predicted octanol–water partition coefficient (Wildman–Crippen LogP) is 4.76. The van der Waals surface area contributed by atoms with E-state index < -0.39 is 0 Å². The molecule has 0 atom stereocenters. The minimum absolute atomic E-state index is 0.937. The summed E-state index contributed by atoms with van der Waals surface area (Å²) in [6, 6.07) is 27.4. The summed E-state index contributed by atoms with van der Waals surface area (Å²) in [6.07, 6.45) is 0.937. The van der Waals surface area contributed by atoms with Crippen LogP contribution in [0.25, 0.3) is 0 Å². The molecule has 0 N–H and O–H groups in total. The maximum absolute atomic E-state index is 4.97. The largest absolute Gasteiger partial charge is 0.247 e. The van der Waals surface area contributed by atoms with Gasteiger partial charge in [0, 0.05) is 17.5 Å². The highest BCUT2D eigenvalue weighted by atomic mass is 14.8. The number of aliphatic imine (C=N–C) groups is 1. The van der Waals surface area contributed by atoms with Crippen molar-refractivity contribution < 1.29 is 0 Å². The van der Waals surface area contributed by atoms with Gasteiger partial charge in [-0.1, -0.05) is 72.8 Å². The van der Waals surface area contributed by atoms with Gasteiger partial charge in [0.15, 0.2) is 0 Å². The summed E-state index contributed by atoms with van der Waals surface area (Å²) in [5.74, 6) is 0. The average molecular weight is 269 g/mol. The molecule has 1 aliphatic heterocycles. The van der Waals surface area contributed by atoms with Gasteiger partial charge in [-0.05, 0) is 17.2 Å². The molecule has 0 saturated heterocycles. The molecule has 0 saturated carbocycles. The molecule has 1 heterocycles. The van der Waals surface area contributed by atoms with Crippen LogP contribution < -0.4 is 0 Å². The Morgan fingerprint density at radius 1 is 0.619 bits per heavy atom. The predicted molar refractivity (Wildman–Crippen MR) is 87.4 cm³/mol. The van der Waals surface area contributed by atoms with Crippen LogP contribution in [0.3, 0.4) is 0 Å². The first-order valence-electron chi connectivity index (χ1n) is 7.22. The summed E-state index contributed by atoms with van der Waals surface area (Å²) in [5.41, 5.74) is 7.17. The van der Waals surface area contributed by atoms with Crippen molar-refractivity contribution in [1.29, 1.82) is 0 Å². The van der Waals surface area contributed by atoms with Gasteiger partial charge in [-0.2, -0.15) is 0 Å². The summed E-state index contributed by atoms with van der Waals surface area (Å²) in [6.45, 7) is 0. The second-order valence-corrected chi connectivity index (χ2v) is 5.29. The van der Waals surface area contributed by atoms with Gasteiger partial charge >= 0.3 is 0 Å². The maximum atomic E-state index is 4.97. The Morgan fingerprint density at radius 3 is 2.14 bits per heavy atom. The zero-order valence-corrected chi connectivity index (χ0v) is 11.7. The molecular weight excluding hydrogens is 254 g/mol. The van der Waals surface area contributed by atoms with Crippen LogP contribution in [0.4, 0.5) is 5.69 Å². The van der Waals surface area contributed by atoms with Crippen molar-refractivity contribution in [2.24, 2.45) is 4.99 Å². The van der Waals surface area contributed by atoms with Gasteiger partial charge in [0.2, 0.25) is 0 Å². The molecule has 3 aromatic carbocycles. The zero-order chi connectivity index (χ0) is 14.1. The third-order valence-electron chi connectivity index (χ3n) is 3.92. The SMILES string of the molecule is c1ccc(C2=Nc3ccccc3Cc3ccccc32)cc1. The number of hydrogen-bond donors (Lipinski definition) is 0. The zero-order valence-electron chi connectivity index (χ0n) is 11.7. The number of benzene rings is 3. The lowest BCUT2D eigenvalue weighted by molar-refractivity contribution is 1.19. The molecule has 3 aromatic rings. The number of para-hydroxylation sites is 1. The third kappa shape index (κ3) is 2.17. The van der Waals surface area contributed by atoms with E-state index in [0.29, 0.717) is 0 Å². The van der Waals surface area contributed by atoms with E-state index in [0.717, 1.165) is 17.8 Å². The highest BCUT2D eigenvalue weighted by Gasteiger charge is 2.16. The fourth-order valence-corrected chi connectivity index (χ4v) is 2.88. The van der Waals surface area contributed by atoms with Crippen LogP contribution in [-0.4, -0.2) is 5.71 Å².